The van der Waals surface area contributed by atoms with Crippen LogP contribution in [0.2, 0.25) is 0 Å². The molecule has 2 fully saturated rings. The molecule has 6 nitrogen and oxygen atoms in total. The molecule has 1 aromatic heterocycles. The minimum Gasteiger partial charge on any atom is -0.375 e. The number of aryl methyl sites for hydroxylation is 1. The average Bonchev–Trinajstić information content (AvgIpc) is 3.18. The zero-order valence-electron chi connectivity index (χ0n) is 13.5. The van der Waals surface area contributed by atoms with Gasteiger partial charge in [-0.3, -0.25) is 0 Å². The first-order valence-corrected chi connectivity index (χ1v) is 8.50. The zero-order chi connectivity index (χ0) is 15.7. The molecular formula is C17H23N5O. The molecule has 0 amide bonds. The van der Waals surface area contributed by atoms with Crippen LogP contribution in [0.25, 0.3) is 5.69 Å². The van der Waals surface area contributed by atoms with E-state index in [0.29, 0.717) is 12.0 Å². The molecule has 1 saturated carbocycles. The van der Waals surface area contributed by atoms with Gasteiger partial charge in [0, 0.05) is 12.6 Å². The second-order valence-corrected chi connectivity index (χ2v) is 6.82. The van der Waals surface area contributed by atoms with Crippen molar-refractivity contribution in [2.75, 3.05) is 11.9 Å². The number of ether oxygens (including phenoxy) is 1. The molecule has 1 unspecified atom stereocenters. The summed E-state index contributed by atoms with van der Waals surface area (Å²) in [6.07, 6.45) is 7.00. The number of anilines is 1. The highest BCUT2D eigenvalue weighted by molar-refractivity contribution is 5.40. The summed E-state index contributed by atoms with van der Waals surface area (Å²) in [7, 11) is 0. The predicted molar refractivity (Wildman–Crippen MR) is 87.7 cm³/mol. The molecule has 1 saturated heterocycles. The maximum Gasteiger partial charge on any atom is 0.247 e. The van der Waals surface area contributed by atoms with Crippen LogP contribution < -0.4 is 5.32 Å². The summed E-state index contributed by atoms with van der Waals surface area (Å²) in [6, 6.07) is 8.60. The molecule has 6 heteroatoms. The first kappa shape index (κ1) is 14.6. The number of hydrogen-bond donors (Lipinski definition) is 1. The third-order valence-corrected chi connectivity index (χ3v) is 5.09. The Kier molecular flexibility index (Phi) is 3.77. The van der Waals surface area contributed by atoms with Crippen LogP contribution in [0.15, 0.2) is 24.3 Å². The number of hydrogen-bond acceptors (Lipinski definition) is 5. The molecule has 1 aromatic carbocycles. The Hall–Kier alpha value is -1.95. The van der Waals surface area contributed by atoms with E-state index >= 15 is 0 Å². The van der Waals surface area contributed by atoms with Crippen molar-refractivity contribution in [1.82, 2.24) is 20.2 Å². The lowest BCUT2D eigenvalue weighted by atomic mass is 9.89. The van der Waals surface area contributed by atoms with E-state index < -0.39 is 0 Å². The van der Waals surface area contributed by atoms with Gasteiger partial charge in [-0.25, -0.2) is 0 Å². The van der Waals surface area contributed by atoms with Gasteiger partial charge in [-0.15, -0.1) is 0 Å². The van der Waals surface area contributed by atoms with Crippen molar-refractivity contribution in [1.29, 1.82) is 0 Å². The van der Waals surface area contributed by atoms with Gasteiger partial charge in [0.2, 0.25) is 5.95 Å². The Balaban J connectivity index is 1.51. The summed E-state index contributed by atoms with van der Waals surface area (Å²) < 4.78 is 7.88. The third kappa shape index (κ3) is 2.95. The van der Waals surface area contributed by atoms with Gasteiger partial charge >= 0.3 is 0 Å². The number of rotatable bonds is 3. The third-order valence-electron chi connectivity index (χ3n) is 5.09. The summed E-state index contributed by atoms with van der Waals surface area (Å²) in [4.78, 5) is 0. The number of aromatic nitrogens is 4. The van der Waals surface area contributed by atoms with Gasteiger partial charge in [0.1, 0.15) is 0 Å². The van der Waals surface area contributed by atoms with Crippen molar-refractivity contribution in [3.63, 3.8) is 0 Å². The normalized spacial score (nSPS) is 23.3. The smallest absolute Gasteiger partial charge is 0.247 e. The van der Waals surface area contributed by atoms with Crippen molar-refractivity contribution >= 4 is 5.95 Å². The minimum atomic E-state index is 0.0953. The van der Waals surface area contributed by atoms with E-state index in [9.17, 15) is 0 Å². The van der Waals surface area contributed by atoms with Gasteiger partial charge in [-0.1, -0.05) is 35.6 Å². The summed E-state index contributed by atoms with van der Waals surface area (Å²) in [6.45, 7) is 2.90. The van der Waals surface area contributed by atoms with E-state index in [4.69, 9.17) is 4.74 Å². The molecule has 0 radical (unpaired) electrons. The van der Waals surface area contributed by atoms with E-state index in [-0.39, 0.29) is 5.60 Å². The lowest BCUT2D eigenvalue weighted by molar-refractivity contribution is -0.0767. The SMILES string of the molecule is Cc1ccc(-n2nnnc2NC2CCOC3(CCCC3)C2)cc1. The van der Waals surface area contributed by atoms with Gasteiger partial charge < -0.3 is 10.1 Å². The van der Waals surface area contributed by atoms with E-state index in [1.54, 1.807) is 4.68 Å². The number of nitrogens with zero attached hydrogens (tertiary/aromatic N) is 4. The number of benzene rings is 1. The van der Waals surface area contributed by atoms with Crippen molar-refractivity contribution in [2.24, 2.45) is 0 Å². The molecule has 2 heterocycles. The molecule has 4 rings (SSSR count). The monoisotopic (exact) mass is 313 g/mol. The average molecular weight is 313 g/mol. The summed E-state index contributed by atoms with van der Waals surface area (Å²) >= 11 is 0. The fourth-order valence-electron chi connectivity index (χ4n) is 3.84. The molecule has 2 aliphatic rings. The van der Waals surface area contributed by atoms with E-state index in [2.05, 4.69) is 39.9 Å². The number of nitrogens with one attached hydrogen (secondary N) is 1. The van der Waals surface area contributed by atoms with Gasteiger partial charge in [0.15, 0.2) is 0 Å². The fourth-order valence-corrected chi connectivity index (χ4v) is 3.84. The molecule has 23 heavy (non-hydrogen) atoms. The molecule has 0 bridgehead atoms. The van der Waals surface area contributed by atoms with Crippen LogP contribution in [-0.2, 0) is 4.74 Å². The summed E-state index contributed by atoms with van der Waals surface area (Å²) in [5, 5.41) is 15.7. The molecule has 1 aliphatic heterocycles. The van der Waals surface area contributed by atoms with Crippen LogP contribution in [0.3, 0.4) is 0 Å². The largest absolute Gasteiger partial charge is 0.375 e. The molecule has 1 spiro atoms. The van der Waals surface area contributed by atoms with Gasteiger partial charge in [0.25, 0.3) is 0 Å². The summed E-state index contributed by atoms with van der Waals surface area (Å²) in [5.41, 5.74) is 2.30. The molecule has 2 aromatic rings. The highest BCUT2D eigenvalue weighted by atomic mass is 16.5. The van der Waals surface area contributed by atoms with E-state index in [1.165, 1.54) is 31.2 Å². The first-order chi connectivity index (χ1) is 11.2. The maximum absolute atomic E-state index is 6.11. The van der Waals surface area contributed by atoms with E-state index in [0.717, 1.165) is 25.1 Å². The standard InChI is InChI=1S/C17H23N5O/c1-13-4-6-15(7-5-13)22-16(19-20-21-22)18-14-8-11-23-17(12-14)9-2-3-10-17/h4-7,14H,2-3,8-12H2,1H3,(H,18,19,21). The Morgan fingerprint density at radius 2 is 2.00 bits per heavy atom. The van der Waals surface area contributed by atoms with Crippen LogP contribution in [0.4, 0.5) is 5.95 Å². The van der Waals surface area contributed by atoms with E-state index in [1.807, 2.05) is 12.1 Å². The lowest BCUT2D eigenvalue weighted by Gasteiger charge is -2.38. The Morgan fingerprint density at radius 1 is 1.22 bits per heavy atom. The van der Waals surface area contributed by atoms with Crippen molar-refractivity contribution in [3.8, 4) is 5.69 Å². The number of tetrazole rings is 1. The van der Waals surface area contributed by atoms with Gasteiger partial charge in [-0.2, -0.15) is 4.68 Å². The molecule has 1 aliphatic carbocycles. The highest BCUT2D eigenvalue weighted by Gasteiger charge is 2.40. The van der Waals surface area contributed by atoms with Crippen LogP contribution >= 0.6 is 0 Å². The van der Waals surface area contributed by atoms with Gasteiger partial charge in [-0.05, 0) is 55.2 Å². The van der Waals surface area contributed by atoms with Gasteiger partial charge in [0.05, 0.1) is 11.3 Å². The minimum absolute atomic E-state index is 0.0953. The van der Waals surface area contributed by atoms with Crippen molar-refractivity contribution in [3.05, 3.63) is 29.8 Å². The topological polar surface area (TPSA) is 64.9 Å². The Morgan fingerprint density at radius 3 is 2.78 bits per heavy atom. The Bertz CT molecular complexity index is 660. The molecular weight excluding hydrogens is 290 g/mol. The van der Waals surface area contributed by atoms with Crippen LogP contribution in [0.5, 0.6) is 0 Å². The molecule has 1 N–H and O–H groups in total. The molecule has 1 atom stereocenters. The zero-order valence-corrected chi connectivity index (χ0v) is 13.5. The van der Waals surface area contributed by atoms with Crippen LogP contribution in [-0.4, -0.2) is 38.5 Å². The maximum atomic E-state index is 6.11. The molecule has 122 valence electrons. The van der Waals surface area contributed by atoms with Crippen molar-refractivity contribution in [2.45, 2.75) is 57.1 Å². The van der Waals surface area contributed by atoms with Crippen molar-refractivity contribution < 1.29 is 4.74 Å². The fraction of sp³-hybridized carbons (Fsp3) is 0.588. The first-order valence-electron chi connectivity index (χ1n) is 8.50. The second-order valence-electron chi connectivity index (χ2n) is 6.82. The predicted octanol–water partition coefficient (Wildman–Crippen LogP) is 2.87. The Labute approximate surface area is 136 Å². The quantitative estimate of drug-likeness (QED) is 0.944. The second kappa shape index (κ2) is 5.92. The van der Waals surface area contributed by atoms with Crippen LogP contribution in [0.1, 0.15) is 44.1 Å². The lowest BCUT2D eigenvalue weighted by Crippen LogP contribution is -2.42. The van der Waals surface area contributed by atoms with Crippen LogP contribution in [0, 0.1) is 6.92 Å². The summed E-state index contributed by atoms with van der Waals surface area (Å²) in [5.74, 6) is 0.717. The highest BCUT2D eigenvalue weighted by Crippen LogP contribution is 2.40.